The summed E-state index contributed by atoms with van der Waals surface area (Å²) < 4.78 is 18.8. The normalized spacial score (nSPS) is 10.7. The fourth-order valence-corrected chi connectivity index (χ4v) is 2.13. The maximum Gasteiger partial charge on any atom is 0.126 e. The zero-order valence-electron chi connectivity index (χ0n) is 10.9. The van der Waals surface area contributed by atoms with Crippen LogP contribution in [0.1, 0.15) is 25.3 Å². The van der Waals surface area contributed by atoms with E-state index in [-0.39, 0.29) is 5.82 Å². The summed E-state index contributed by atoms with van der Waals surface area (Å²) in [5.74, 6) is 0.885. The third-order valence-electron chi connectivity index (χ3n) is 3.03. The number of methoxy groups -OCH3 is 1. The molecule has 0 aromatic heterocycles. The van der Waals surface area contributed by atoms with E-state index in [1.165, 1.54) is 6.07 Å². The van der Waals surface area contributed by atoms with Crippen molar-refractivity contribution in [2.75, 3.05) is 7.11 Å². The number of benzene rings is 2. The van der Waals surface area contributed by atoms with E-state index in [1.54, 1.807) is 13.2 Å². The van der Waals surface area contributed by atoms with Crippen LogP contribution in [0.5, 0.6) is 5.75 Å². The van der Waals surface area contributed by atoms with Gasteiger partial charge in [0.15, 0.2) is 0 Å². The summed E-state index contributed by atoms with van der Waals surface area (Å²) >= 11 is 0. The summed E-state index contributed by atoms with van der Waals surface area (Å²) in [6.07, 6.45) is 0. The van der Waals surface area contributed by atoms with E-state index >= 15 is 0 Å². The van der Waals surface area contributed by atoms with Gasteiger partial charge in [-0.05, 0) is 35.2 Å². The summed E-state index contributed by atoms with van der Waals surface area (Å²) in [5, 5.41) is 0. The molecular weight excluding hydrogens is 227 g/mol. The van der Waals surface area contributed by atoms with Gasteiger partial charge in [-0.3, -0.25) is 0 Å². The van der Waals surface area contributed by atoms with Crippen LogP contribution in [0.15, 0.2) is 42.5 Å². The van der Waals surface area contributed by atoms with Gasteiger partial charge in [0, 0.05) is 5.56 Å². The second-order valence-corrected chi connectivity index (χ2v) is 4.59. The lowest BCUT2D eigenvalue weighted by atomic mass is 9.92. The minimum Gasteiger partial charge on any atom is -0.496 e. The lowest BCUT2D eigenvalue weighted by Gasteiger charge is -2.15. The van der Waals surface area contributed by atoms with E-state index < -0.39 is 0 Å². The van der Waals surface area contributed by atoms with Crippen molar-refractivity contribution in [2.45, 2.75) is 19.8 Å². The molecule has 2 aromatic rings. The molecule has 0 aliphatic carbocycles. The molecule has 0 spiro atoms. The van der Waals surface area contributed by atoms with Gasteiger partial charge in [-0.15, -0.1) is 0 Å². The molecular formula is C16H17FO. The summed E-state index contributed by atoms with van der Waals surface area (Å²) in [4.78, 5) is 0. The SMILES string of the molecule is COc1ccccc1-c1cc(F)ccc1C(C)C. The Labute approximate surface area is 107 Å². The molecule has 0 amide bonds. The summed E-state index contributed by atoms with van der Waals surface area (Å²) in [7, 11) is 1.63. The van der Waals surface area contributed by atoms with Crippen LogP contribution in [0.4, 0.5) is 4.39 Å². The molecule has 0 fully saturated rings. The molecule has 0 N–H and O–H groups in total. The first-order valence-corrected chi connectivity index (χ1v) is 6.06. The molecule has 0 unspecified atom stereocenters. The highest BCUT2D eigenvalue weighted by Crippen LogP contribution is 2.35. The van der Waals surface area contributed by atoms with Crippen LogP contribution in [0.2, 0.25) is 0 Å². The molecule has 18 heavy (non-hydrogen) atoms. The summed E-state index contributed by atoms with van der Waals surface area (Å²) in [6.45, 7) is 4.21. The van der Waals surface area contributed by atoms with E-state index in [2.05, 4.69) is 13.8 Å². The quantitative estimate of drug-likeness (QED) is 0.765. The van der Waals surface area contributed by atoms with Crippen LogP contribution in [0, 0.1) is 5.82 Å². The van der Waals surface area contributed by atoms with Gasteiger partial charge in [0.2, 0.25) is 0 Å². The van der Waals surface area contributed by atoms with Crippen LogP contribution in [-0.4, -0.2) is 7.11 Å². The van der Waals surface area contributed by atoms with Gasteiger partial charge in [0.1, 0.15) is 11.6 Å². The second kappa shape index (κ2) is 5.21. The molecule has 2 aromatic carbocycles. The molecule has 0 bridgehead atoms. The minimum atomic E-state index is -0.222. The topological polar surface area (TPSA) is 9.23 Å². The Balaban J connectivity index is 2.65. The number of hydrogen-bond donors (Lipinski definition) is 0. The highest BCUT2D eigenvalue weighted by molar-refractivity contribution is 5.73. The first-order chi connectivity index (χ1) is 8.63. The molecule has 0 aliphatic rings. The zero-order chi connectivity index (χ0) is 13.1. The Morgan fingerprint density at radius 3 is 2.39 bits per heavy atom. The zero-order valence-corrected chi connectivity index (χ0v) is 10.9. The second-order valence-electron chi connectivity index (χ2n) is 4.59. The van der Waals surface area contributed by atoms with E-state index in [0.717, 1.165) is 22.4 Å². The van der Waals surface area contributed by atoms with Crippen LogP contribution in [0.3, 0.4) is 0 Å². The number of para-hydroxylation sites is 1. The standard InChI is InChI=1S/C16H17FO/c1-11(2)13-9-8-12(17)10-15(13)14-6-4-5-7-16(14)18-3/h4-11H,1-3H3. The Bertz CT molecular complexity index is 547. The van der Waals surface area contributed by atoms with Crippen LogP contribution >= 0.6 is 0 Å². The van der Waals surface area contributed by atoms with Crippen molar-refractivity contribution in [3.05, 3.63) is 53.8 Å². The van der Waals surface area contributed by atoms with Gasteiger partial charge in [-0.2, -0.15) is 0 Å². The average molecular weight is 244 g/mol. The number of hydrogen-bond acceptors (Lipinski definition) is 1. The Kier molecular flexibility index (Phi) is 3.66. The third-order valence-corrected chi connectivity index (χ3v) is 3.03. The smallest absolute Gasteiger partial charge is 0.126 e. The largest absolute Gasteiger partial charge is 0.496 e. The highest BCUT2D eigenvalue weighted by atomic mass is 19.1. The molecule has 2 heteroatoms. The Hall–Kier alpha value is -1.83. The van der Waals surface area contributed by atoms with Gasteiger partial charge in [0.25, 0.3) is 0 Å². The maximum absolute atomic E-state index is 13.5. The molecule has 1 nitrogen and oxygen atoms in total. The molecule has 0 saturated heterocycles. The van der Waals surface area contributed by atoms with Crippen molar-refractivity contribution in [1.82, 2.24) is 0 Å². The molecule has 0 radical (unpaired) electrons. The first kappa shape index (κ1) is 12.6. The average Bonchev–Trinajstić information content (AvgIpc) is 2.38. The molecule has 2 rings (SSSR count). The van der Waals surface area contributed by atoms with Gasteiger partial charge in [-0.25, -0.2) is 4.39 Å². The summed E-state index contributed by atoms with van der Waals surface area (Å²) in [5.41, 5.74) is 2.96. The van der Waals surface area contributed by atoms with Gasteiger partial charge in [0.05, 0.1) is 7.11 Å². The van der Waals surface area contributed by atoms with Crippen molar-refractivity contribution in [2.24, 2.45) is 0 Å². The van der Waals surface area contributed by atoms with Gasteiger partial charge >= 0.3 is 0 Å². The fraction of sp³-hybridized carbons (Fsp3) is 0.250. The minimum absolute atomic E-state index is 0.222. The number of ether oxygens (including phenoxy) is 1. The monoisotopic (exact) mass is 244 g/mol. The third kappa shape index (κ3) is 2.37. The number of rotatable bonds is 3. The predicted octanol–water partition coefficient (Wildman–Crippen LogP) is 4.62. The van der Waals surface area contributed by atoms with Crippen molar-refractivity contribution in [3.8, 4) is 16.9 Å². The first-order valence-electron chi connectivity index (χ1n) is 6.06. The van der Waals surface area contributed by atoms with Gasteiger partial charge in [-0.1, -0.05) is 38.1 Å². The van der Waals surface area contributed by atoms with Gasteiger partial charge < -0.3 is 4.74 Å². The molecule has 0 heterocycles. The predicted molar refractivity (Wildman–Crippen MR) is 72.5 cm³/mol. The van der Waals surface area contributed by atoms with Crippen LogP contribution < -0.4 is 4.74 Å². The van der Waals surface area contributed by atoms with E-state index in [0.29, 0.717) is 5.92 Å². The Morgan fingerprint density at radius 2 is 1.72 bits per heavy atom. The van der Waals surface area contributed by atoms with Crippen molar-refractivity contribution in [1.29, 1.82) is 0 Å². The highest BCUT2D eigenvalue weighted by Gasteiger charge is 2.13. The van der Waals surface area contributed by atoms with Crippen LogP contribution in [0.25, 0.3) is 11.1 Å². The maximum atomic E-state index is 13.5. The Morgan fingerprint density at radius 1 is 1.00 bits per heavy atom. The van der Waals surface area contributed by atoms with Crippen molar-refractivity contribution in [3.63, 3.8) is 0 Å². The molecule has 94 valence electrons. The number of halogens is 1. The van der Waals surface area contributed by atoms with E-state index in [9.17, 15) is 4.39 Å². The van der Waals surface area contributed by atoms with Crippen LogP contribution in [-0.2, 0) is 0 Å². The van der Waals surface area contributed by atoms with E-state index in [1.807, 2.05) is 30.3 Å². The van der Waals surface area contributed by atoms with Crippen molar-refractivity contribution >= 4 is 0 Å². The molecule has 0 saturated carbocycles. The fourth-order valence-electron chi connectivity index (χ4n) is 2.13. The summed E-state index contributed by atoms with van der Waals surface area (Å²) in [6, 6.07) is 12.6. The lowest BCUT2D eigenvalue weighted by Crippen LogP contribution is -1.95. The van der Waals surface area contributed by atoms with E-state index in [4.69, 9.17) is 4.74 Å². The molecule has 0 aliphatic heterocycles. The molecule has 0 atom stereocenters. The van der Waals surface area contributed by atoms with Crippen molar-refractivity contribution < 1.29 is 9.13 Å². The lowest BCUT2D eigenvalue weighted by molar-refractivity contribution is 0.416.